The molecule has 1 aromatic rings. The second kappa shape index (κ2) is 10.2. The van der Waals surface area contributed by atoms with Crippen molar-refractivity contribution in [3.8, 4) is 5.75 Å². The average Bonchev–Trinajstić information content (AvgIpc) is 3.06. The van der Waals surface area contributed by atoms with Gasteiger partial charge in [0.15, 0.2) is 0 Å². The number of phenols is 1. The van der Waals surface area contributed by atoms with Gasteiger partial charge in [-0.3, -0.25) is 9.59 Å². The predicted molar refractivity (Wildman–Crippen MR) is 130 cm³/mol. The van der Waals surface area contributed by atoms with Crippen LogP contribution in [0.15, 0.2) is 34.9 Å². The van der Waals surface area contributed by atoms with Crippen LogP contribution in [0, 0.1) is 17.8 Å². The van der Waals surface area contributed by atoms with E-state index in [0.717, 1.165) is 35.8 Å². The molecule has 1 aromatic carbocycles. The second-order valence-corrected chi connectivity index (χ2v) is 9.78. The number of hydrogen-bond donors (Lipinski definition) is 2. The highest BCUT2D eigenvalue weighted by Gasteiger charge is 2.58. The lowest BCUT2D eigenvalue weighted by molar-refractivity contribution is -0.137. The fourth-order valence-corrected chi connectivity index (χ4v) is 5.94. The van der Waals surface area contributed by atoms with Crippen LogP contribution in [0.5, 0.6) is 5.75 Å². The summed E-state index contributed by atoms with van der Waals surface area (Å²) >= 11 is 6.26. The van der Waals surface area contributed by atoms with Gasteiger partial charge in [0.25, 0.3) is 0 Å². The molecule has 0 aromatic heterocycles. The van der Waals surface area contributed by atoms with E-state index in [1.54, 1.807) is 12.1 Å². The van der Waals surface area contributed by atoms with Gasteiger partial charge in [0.1, 0.15) is 5.75 Å². The molecule has 2 fully saturated rings. The molecule has 35 heavy (non-hydrogen) atoms. The third-order valence-electron chi connectivity index (χ3n) is 7.33. The SMILES string of the molecule is CC/C(=C\c1ccc(O)cc1Cl)CC[C@H]1OB(O)C[C@H]2C1=C(C)C[C@H]1C(=O)N(C(=O)OC)C(=O)[C@H]12. The maximum Gasteiger partial charge on any atom is 0.455 e. The van der Waals surface area contributed by atoms with Gasteiger partial charge in [0, 0.05) is 0 Å². The van der Waals surface area contributed by atoms with E-state index in [2.05, 4.69) is 4.74 Å². The molecule has 2 heterocycles. The molecule has 0 spiro atoms. The third kappa shape index (κ3) is 4.77. The molecule has 4 rings (SSSR count). The Morgan fingerprint density at radius 3 is 2.71 bits per heavy atom. The largest absolute Gasteiger partial charge is 0.508 e. The number of aromatic hydroxyl groups is 1. The molecule has 0 unspecified atom stereocenters. The summed E-state index contributed by atoms with van der Waals surface area (Å²) in [5.74, 6) is -2.73. The lowest BCUT2D eigenvalue weighted by Crippen LogP contribution is -2.46. The van der Waals surface area contributed by atoms with Gasteiger partial charge in [0.2, 0.25) is 11.8 Å². The number of benzene rings is 1. The van der Waals surface area contributed by atoms with Crippen molar-refractivity contribution in [2.24, 2.45) is 17.8 Å². The monoisotopic (exact) mass is 501 g/mol. The van der Waals surface area contributed by atoms with Gasteiger partial charge in [-0.1, -0.05) is 35.7 Å². The van der Waals surface area contributed by atoms with Crippen LogP contribution >= 0.6 is 11.6 Å². The number of ether oxygens (including phenoxy) is 1. The Labute approximate surface area is 209 Å². The third-order valence-corrected chi connectivity index (χ3v) is 7.66. The predicted octanol–water partition coefficient (Wildman–Crippen LogP) is 4.20. The molecule has 3 aliphatic rings. The molecule has 186 valence electrons. The number of nitrogens with zero attached hydrogens (tertiary/aromatic N) is 1. The Hall–Kier alpha value is -2.62. The van der Waals surface area contributed by atoms with E-state index in [-0.39, 0.29) is 18.0 Å². The molecular weight excluding hydrogens is 473 g/mol. The first-order valence-electron chi connectivity index (χ1n) is 11.8. The van der Waals surface area contributed by atoms with Crippen molar-refractivity contribution in [1.29, 1.82) is 0 Å². The van der Waals surface area contributed by atoms with Crippen LogP contribution in [-0.2, 0) is 19.0 Å². The number of hydrogen-bond acceptors (Lipinski definition) is 7. The molecule has 0 bridgehead atoms. The van der Waals surface area contributed by atoms with Crippen LogP contribution in [0.3, 0.4) is 0 Å². The first-order chi connectivity index (χ1) is 16.7. The van der Waals surface area contributed by atoms with E-state index in [9.17, 15) is 24.5 Å². The van der Waals surface area contributed by atoms with Gasteiger partial charge in [0.05, 0.1) is 30.1 Å². The number of methoxy groups -OCH3 is 1. The van der Waals surface area contributed by atoms with Gasteiger partial charge < -0.3 is 19.5 Å². The van der Waals surface area contributed by atoms with E-state index >= 15 is 0 Å². The summed E-state index contributed by atoms with van der Waals surface area (Å²) in [6, 6.07) is 4.84. The maximum atomic E-state index is 13.1. The van der Waals surface area contributed by atoms with Crippen LogP contribution in [0.25, 0.3) is 6.08 Å². The first kappa shape index (κ1) is 25.5. The van der Waals surface area contributed by atoms with Crippen molar-refractivity contribution >= 4 is 42.7 Å². The standard InChI is InChI=1S/C25H29BClNO7/c1-4-14(10-15-6-7-16(29)11-19(15)27)5-8-20-21-13(2)9-17-22(18(21)12-26(33)35-20)24(31)28(23(17)30)25(32)34-3/h6-7,10-11,17-18,20,22,29,33H,4-5,8-9,12H2,1-3H3/b14-10+/t17-,18+,20-,22-/m1/s1. The van der Waals surface area contributed by atoms with Gasteiger partial charge in [-0.05, 0) is 74.2 Å². The highest BCUT2D eigenvalue weighted by Crippen LogP contribution is 2.50. The van der Waals surface area contributed by atoms with Crippen molar-refractivity contribution in [3.63, 3.8) is 0 Å². The number of imide groups is 3. The average molecular weight is 502 g/mol. The normalized spacial score (nSPS) is 26.7. The highest BCUT2D eigenvalue weighted by atomic mass is 35.5. The number of carbonyl (C=O) groups excluding carboxylic acids is 3. The summed E-state index contributed by atoms with van der Waals surface area (Å²) in [5.41, 5.74) is 3.83. The van der Waals surface area contributed by atoms with Gasteiger partial charge in [-0.15, -0.1) is 0 Å². The summed E-state index contributed by atoms with van der Waals surface area (Å²) in [6.45, 7) is 3.97. The molecule has 3 amide bonds. The molecule has 0 radical (unpaired) electrons. The van der Waals surface area contributed by atoms with E-state index in [1.807, 2.05) is 19.9 Å². The van der Waals surface area contributed by atoms with Crippen molar-refractivity contribution in [1.82, 2.24) is 4.90 Å². The molecule has 0 saturated carbocycles. The van der Waals surface area contributed by atoms with Crippen LogP contribution in [0.4, 0.5) is 4.79 Å². The number of allylic oxidation sites excluding steroid dienone is 2. The van der Waals surface area contributed by atoms with Crippen molar-refractivity contribution in [2.75, 3.05) is 7.11 Å². The summed E-state index contributed by atoms with van der Waals surface area (Å²) in [4.78, 5) is 38.7. The van der Waals surface area contributed by atoms with Crippen molar-refractivity contribution < 1.29 is 33.9 Å². The van der Waals surface area contributed by atoms with Crippen LogP contribution < -0.4 is 0 Å². The molecule has 2 saturated heterocycles. The molecule has 2 aliphatic heterocycles. The summed E-state index contributed by atoms with van der Waals surface area (Å²) < 4.78 is 10.6. The van der Waals surface area contributed by atoms with Crippen LogP contribution in [-0.4, -0.2) is 53.3 Å². The zero-order chi connectivity index (χ0) is 25.4. The topological polar surface area (TPSA) is 113 Å². The number of amides is 3. The van der Waals surface area contributed by atoms with Gasteiger partial charge in [-0.2, -0.15) is 4.90 Å². The number of halogens is 1. The van der Waals surface area contributed by atoms with Crippen LogP contribution in [0.1, 0.15) is 45.1 Å². The minimum atomic E-state index is -1.07. The maximum absolute atomic E-state index is 13.1. The molecule has 8 nitrogen and oxygen atoms in total. The number of likely N-dealkylation sites (tertiary alicyclic amines) is 1. The smallest absolute Gasteiger partial charge is 0.455 e. The van der Waals surface area contributed by atoms with E-state index < -0.39 is 43.0 Å². The Bertz CT molecular complexity index is 1120. The highest BCUT2D eigenvalue weighted by molar-refractivity contribution is 6.43. The second-order valence-electron chi connectivity index (χ2n) is 9.38. The Morgan fingerprint density at radius 2 is 2.06 bits per heavy atom. The van der Waals surface area contributed by atoms with Gasteiger partial charge in [-0.25, -0.2) is 4.79 Å². The molecule has 10 heteroatoms. The number of fused-ring (bicyclic) bond motifs is 3. The zero-order valence-electron chi connectivity index (χ0n) is 20.0. The van der Waals surface area contributed by atoms with E-state index in [1.165, 1.54) is 6.07 Å². The van der Waals surface area contributed by atoms with E-state index in [0.29, 0.717) is 29.2 Å². The number of rotatable bonds is 5. The van der Waals surface area contributed by atoms with Gasteiger partial charge >= 0.3 is 13.2 Å². The summed E-state index contributed by atoms with van der Waals surface area (Å²) in [6.07, 6.45) is 3.19. The first-order valence-corrected chi connectivity index (χ1v) is 12.2. The lowest BCUT2D eigenvalue weighted by atomic mass is 9.59. The fraction of sp³-hybridized carbons (Fsp3) is 0.480. The fourth-order valence-electron chi connectivity index (χ4n) is 5.71. The minimum Gasteiger partial charge on any atom is -0.508 e. The molecule has 1 aliphatic carbocycles. The van der Waals surface area contributed by atoms with Crippen LogP contribution in [0.2, 0.25) is 11.3 Å². The quantitative estimate of drug-likeness (QED) is 0.353. The zero-order valence-corrected chi connectivity index (χ0v) is 20.7. The molecule has 4 atom stereocenters. The Kier molecular flexibility index (Phi) is 7.40. The minimum absolute atomic E-state index is 0.101. The molecular formula is C25H29BClNO7. The molecule has 2 N–H and O–H groups in total. The van der Waals surface area contributed by atoms with E-state index in [4.69, 9.17) is 16.3 Å². The number of carbonyl (C=O) groups is 3. The summed E-state index contributed by atoms with van der Waals surface area (Å²) in [5, 5.41) is 20.6. The van der Waals surface area contributed by atoms with Crippen molar-refractivity contribution in [2.45, 2.75) is 52.0 Å². The summed E-state index contributed by atoms with van der Waals surface area (Å²) in [7, 11) is 0.0639. The van der Waals surface area contributed by atoms with Crippen molar-refractivity contribution in [3.05, 3.63) is 45.5 Å². The lowest BCUT2D eigenvalue weighted by Gasteiger charge is -2.42. The number of phenolic OH excluding ortho intramolecular Hbond substituents is 1. The Balaban J connectivity index is 1.57. The Morgan fingerprint density at radius 1 is 1.31 bits per heavy atom.